The predicted molar refractivity (Wildman–Crippen MR) is 98.1 cm³/mol. The molecule has 1 aliphatic carbocycles. The zero-order valence-corrected chi connectivity index (χ0v) is 17.3. The van der Waals surface area contributed by atoms with E-state index in [2.05, 4.69) is 39.1 Å². The van der Waals surface area contributed by atoms with Crippen molar-refractivity contribution in [2.75, 3.05) is 0 Å². The van der Waals surface area contributed by atoms with Crippen LogP contribution in [-0.4, -0.2) is 9.52 Å². The van der Waals surface area contributed by atoms with Gasteiger partial charge in [-0.2, -0.15) is 6.08 Å². The average Bonchev–Trinajstić information content (AvgIpc) is 2.89. The number of hydrogen-bond acceptors (Lipinski definition) is 0. The predicted octanol–water partition coefficient (Wildman–Crippen LogP) is 6.43. The molecule has 5 heteroatoms. The van der Waals surface area contributed by atoms with Gasteiger partial charge in [-0.3, -0.25) is 6.08 Å². The first-order valence-electron chi connectivity index (χ1n) is 6.24. The number of rotatable bonds is 1. The zero-order chi connectivity index (χ0) is 13.8. The average molecular weight is 378 g/mol. The van der Waals surface area contributed by atoms with E-state index in [9.17, 15) is 0 Å². The van der Waals surface area contributed by atoms with Gasteiger partial charge in [0.1, 0.15) is 0 Å². The fourth-order valence-electron chi connectivity index (χ4n) is 1.34. The zero-order valence-electron chi connectivity index (χ0n) is 13.1. The molecule has 0 bridgehead atoms. The SMILES string of the molecule is CC(C)c1ccccc1[NH-].C[Si]C.Cl.Cl.[C-]1=CC=CC1.[Ti+2]. The summed E-state index contributed by atoms with van der Waals surface area (Å²) in [4.78, 5) is 0. The molecule has 0 heterocycles. The standard InChI is InChI=1S/C9H12N.C5H5.C2H6Si.2ClH.Ti/c1-7(2)8-5-3-4-6-9(8)10;1-2-4-5-3-1;1-3-2;;;/h3-7,10H,1-2H3;1-3H,4H2;1-2H3;2*1H;/q2*-1;;;;+2. The van der Waals surface area contributed by atoms with Crippen molar-refractivity contribution < 1.29 is 21.7 Å². The molecule has 1 aromatic rings. The summed E-state index contributed by atoms with van der Waals surface area (Å²) in [5, 5.41) is 0. The van der Waals surface area contributed by atoms with Crippen molar-refractivity contribution in [3.05, 3.63) is 59.9 Å². The van der Waals surface area contributed by atoms with Crippen molar-refractivity contribution >= 4 is 40.0 Å². The van der Waals surface area contributed by atoms with Crippen LogP contribution in [-0.2, 0) is 21.7 Å². The normalized spacial score (nSPS) is 9.95. The molecule has 1 aromatic carbocycles. The van der Waals surface area contributed by atoms with Crippen LogP contribution in [0.2, 0.25) is 13.1 Å². The van der Waals surface area contributed by atoms with Crippen molar-refractivity contribution in [1.82, 2.24) is 0 Å². The summed E-state index contributed by atoms with van der Waals surface area (Å²) in [6.45, 7) is 8.51. The summed E-state index contributed by atoms with van der Waals surface area (Å²) in [6, 6.07) is 7.71. The molecule has 0 aliphatic heterocycles. The maximum absolute atomic E-state index is 7.50. The van der Waals surface area contributed by atoms with Gasteiger partial charge >= 0.3 is 21.7 Å². The molecular formula is C16H25Cl2NSiTi. The summed E-state index contributed by atoms with van der Waals surface area (Å²) in [7, 11) is 1.08. The van der Waals surface area contributed by atoms with Gasteiger partial charge in [-0.1, -0.05) is 56.8 Å². The summed E-state index contributed by atoms with van der Waals surface area (Å²) < 4.78 is 0. The quantitative estimate of drug-likeness (QED) is 0.397. The van der Waals surface area contributed by atoms with Crippen molar-refractivity contribution in [3.63, 3.8) is 0 Å². The summed E-state index contributed by atoms with van der Waals surface area (Å²) in [5.74, 6) is 0.466. The third-order valence-corrected chi connectivity index (χ3v) is 2.17. The van der Waals surface area contributed by atoms with Crippen LogP contribution in [0.25, 0.3) is 5.73 Å². The van der Waals surface area contributed by atoms with E-state index >= 15 is 0 Å². The van der Waals surface area contributed by atoms with Gasteiger partial charge < -0.3 is 5.73 Å². The van der Waals surface area contributed by atoms with E-state index in [0.29, 0.717) is 11.6 Å². The monoisotopic (exact) mass is 377 g/mol. The second-order valence-electron chi connectivity index (χ2n) is 4.25. The van der Waals surface area contributed by atoms with E-state index in [1.807, 2.05) is 36.4 Å². The molecule has 21 heavy (non-hydrogen) atoms. The van der Waals surface area contributed by atoms with Gasteiger partial charge in [0.05, 0.1) is 0 Å². The molecule has 0 fully saturated rings. The number of halogens is 2. The maximum Gasteiger partial charge on any atom is 2.00 e. The Balaban J connectivity index is -0.000000113. The number of allylic oxidation sites excluding steroid dienone is 4. The van der Waals surface area contributed by atoms with Crippen LogP contribution in [0, 0.1) is 6.08 Å². The Morgan fingerprint density at radius 2 is 1.67 bits per heavy atom. The molecule has 0 saturated carbocycles. The van der Waals surface area contributed by atoms with Gasteiger partial charge in [-0.05, 0) is 5.92 Å². The second kappa shape index (κ2) is 20.0. The number of nitrogens with one attached hydrogen (secondary N) is 1. The topological polar surface area (TPSA) is 23.8 Å². The Labute approximate surface area is 160 Å². The molecule has 0 saturated heterocycles. The minimum Gasteiger partial charge on any atom is -0.698 e. The van der Waals surface area contributed by atoms with Crippen LogP contribution in [0.1, 0.15) is 31.7 Å². The Bertz CT molecular complexity index is 372. The fraction of sp³-hybridized carbons (Fsp3) is 0.375. The van der Waals surface area contributed by atoms with Crippen LogP contribution in [0.4, 0.5) is 5.69 Å². The van der Waals surface area contributed by atoms with Gasteiger partial charge in [0, 0.05) is 9.52 Å². The van der Waals surface area contributed by atoms with Crippen LogP contribution < -0.4 is 0 Å². The Hall–Kier alpha value is 0.0112. The summed E-state index contributed by atoms with van der Waals surface area (Å²) in [5.41, 5.74) is 9.28. The molecule has 1 nitrogen and oxygen atoms in total. The third-order valence-electron chi connectivity index (χ3n) is 2.17. The first-order valence-corrected chi connectivity index (χ1v) is 8.24. The number of benzene rings is 1. The Kier molecular flexibility index (Phi) is 27.7. The molecule has 1 aliphatic rings. The summed E-state index contributed by atoms with van der Waals surface area (Å²) >= 11 is 0. The van der Waals surface area contributed by atoms with E-state index in [-0.39, 0.29) is 46.5 Å². The van der Waals surface area contributed by atoms with Crippen LogP contribution >= 0.6 is 24.8 Å². The molecule has 2 rings (SSSR count). The maximum atomic E-state index is 7.50. The number of hydrogen-bond donors (Lipinski definition) is 0. The minimum absolute atomic E-state index is 0. The van der Waals surface area contributed by atoms with Crippen molar-refractivity contribution in [2.24, 2.45) is 0 Å². The van der Waals surface area contributed by atoms with Gasteiger partial charge in [-0.25, -0.2) is 12.2 Å². The van der Waals surface area contributed by atoms with Gasteiger partial charge in [0.2, 0.25) is 0 Å². The molecule has 1 N–H and O–H groups in total. The minimum atomic E-state index is 0. The molecule has 2 radical (unpaired) electrons. The molecule has 0 unspecified atom stereocenters. The van der Waals surface area contributed by atoms with E-state index < -0.39 is 0 Å². The van der Waals surface area contributed by atoms with E-state index in [1.165, 1.54) is 0 Å². The molecule has 0 amide bonds. The Morgan fingerprint density at radius 1 is 1.14 bits per heavy atom. The first kappa shape index (κ1) is 29.1. The van der Waals surface area contributed by atoms with Crippen LogP contribution in [0.3, 0.4) is 0 Å². The van der Waals surface area contributed by atoms with Gasteiger partial charge in [0.25, 0.3) is 0 Å². The van der Waals surface area contributed by atoms with E-state index in [1.54, 1.807) is 0 Å². The largest absolute Gasteiger partial charge is 2.00 e. The Morgan fingerprint density at radius 3 is 1.90 bits per heavy atom. The first-order chi connectivity index (χ1) is 8.63. The van der Waals surface area contributed by atoms with Crippen LogP contribution in [0.15, 0.2) is 42.5 Å². The molecular weight excluding hydrogens is 353 g/mol. The van der Waals surface area contributed by atoms with Gasteiger partial charge in [-0.15, -0.1) is 36.9 Å². The van der Waals surface area contributed by atoms with Crippen LogP contribution in [0.5, 0.6) is 0 Å². The second-order valence-corrected chi connectivity index (χ2v) is 5.25. The van der Waals surface area contributed by atoms with Crippen molar-refractivity contribution in [3.8, 4) is 0 Å². The van der Waals surface area contributed by atoms with E-state index in [4.69, 9.17) is 5.73 Å². The smallest absolute Gasteiger partial charge is 0.698 e. The van der Waals surface area contributed by atoms with Crippen molar-refractivity contribution in [1.29, 1.82) is 0 Å². The van der Waals surface area contributed by atoms with Crippen molar-refractivity contribution in [2.45, 2.75) is 39.3 Å². The summed E-state index contributed by atoms with van der Waals surface area (Å²) in [6.07, 6.45) is 10.0. The van der Waals surface area contributed by atoms with E-state index in [0.717, 1.165) is 21.5 Å². The third kappa shape index (κ3) is 16.2. The molecule has 116 valence electrons. The molecule has 0 spiro atoms. The fourth-order valence-corrected chi connectivity index (χ4v) is 1.34. The molecule has 0 atom stereocenters. The van der Waals surface area contributed by atoms with Gasteiger partial charge in [0.15, 0.2) is 0 Å². The molecule has 0 aromatic heterocycles.